The lowest BCUT2D eigenvalue weighted by Gasteiger charge is -2.07. The molecule has 0 unspecified atom stereocenters. The van der Waals surface area contributed by atoms with Gasteiger partial charge in [-0.05, 0) is 54.6 Å². The van der Waals surface area contributed by atoms with Crippen molar-refractivity contribution in [1.82, 2.24) is 0 Å². The van der Waals surface area contributed by atoms with Gasteiger partial charge in [-0.3, -0.25) is 4.79 Å². The number of phenolic OH excluding ortho intramolecular Hbond substituents is 3. The number of para-hydroxylation sites is 1. The topological polar surface area (TPSA) is 121 Å². The van der Waals surface area contributed by atoms with Crippen LogP contribution in [0.3, 0.4) is 0 Å². The summed E-state index contributed by atoms with van der Waals surface area (Å²) in [6, 6.07) is 14.9. The number of carbonyl (C=O) groups is 1. The third kappa shape index (κ3) is 4.74. The molecular formula is C21H16O7S. The molecule has 0 saturated heterocycles. The first-order chi connectivity index (χ1) is 13.8. The number of ketones is 1. The predicted molar refractivity (Wildman–Crippen MR) is 105 cm³/mol. The monoisotopic (exact) mass is 412 g/mol. The fourth-order valence-corrected chi connectivity index (χ4v) is 3.40. The van der Waals surface area contributed by atoms with E-state index in [4.69, 9.17) is 4.18 Å². The minimum atomic E-state index is -4.13. The maximum atomic E-state index is 12.3. The molecule has 8 heteroatoms. The van der Waals surface area contributed by atoms with Gasteiger partial charge in [-0.1, -0.05) is 18.2 Å². The number of benzene rings is 3. The number of phenols is 3. The van der Waals surface area contributed by atoms with Gasteiger partial charge in [0.2, 0.25) is 0 Å². The van der Waals surface area contributed by atoms with Crippen LogP contribution >= 0.6 is 0 Å². The molecule has 7 nitrogen and oxygen atoms in total. The van der Waals surface area contributed by atoms with Gasteiger partial charge >= 0.3 is 10.1 Å². The zero-order valence-corrected chi connectivity index (χ0v) is 15.7. The Labute approximate surface area is 166 Å². The lowest BCUT2D eigenvalue weighted by Crippen LogP contribution is -2.09. The number of allylic oxidation sites excluding steroid dienone is 1. The summed E-state index contributed by atoms with van der Waals surface area (Å²) >= 11 is 0. The van der Waals surface area contributed by atoms with Gasteiger partial charge in [0.15, 0.2) is 17.3 Å². The first kappa shape index (κ1) is 20.0. The molecule has 3 rings (SSSR count). The first-order valence-corrected chi connectivity index (χ1v) is 9.74. The second-order valence-corrected chi connectivity index (χ2v) is 7.52. The largest absolute Gasteiger partial charge is 0.508 e. The molecule has 0 aromatic heterocycles. The molecule has 0 aliphatic rings. The van der Waals surface area contributed by atoms with Crippen molar-refractivity contribution in [1.29, 1.82) is 0 Å². The smallest absolute Gasteiger partial charge is 0.339 e. The van der Waals surface area contributed by atoms with Gasteiger partial charge in [0.1, 0.15) is 16.4 Å². The van der Waals surface area contributed by atoms with Gasteiger partial charge in [-0.2, -0.15) is 8.42 Å². The number of rotatable bonds is 6. The summed E-state index contributed by atoms with van der Waals surface area (Å²) in [6.45, 7) is 0. The minimum absolute atomic E-state index is 0.000464. The van der Waals surface area contributed by atoms with Crippen LogP contribution in [0.25, 0.3) is 6.08 Å². The zero-order chi connectivity index (χ0) is 21.0. The lowest BCUT2D eigenvalue weighted by molar-refractivity contribution is 0.104. The molecule has 0 heterocycles. The quantitative estimate of drug-likeness (QED) is 0.245. The average Bonchev–Trinajstić information content (AvgIpc) is 2.69. The van der Waals surface area contributed by atoms with Crippen LogP contribution in [0.1, 0.15) is 15.9 Å². The van der Waals surface area contributed by atoms with Crippen LogP contribution in [0.5, 0.6) is 23.0 Å². The highest BCUT2D eigenvalue weighted by atomic mass is 32.2. The summed E-state index contributed by atoms with van der Waals surface area (Å²) in [4.78, 5) is 12.0. The Hall–Kier alpha value is -3.78. The van der Waals surface area contributed by atoms with Crippen molar-refractivity contribution in [2.45, 2.75) is 4.90 Å². The number of hydrogen-bond donors (Lipinski definition) is 3. The summed E-state index contributed by atoms with van der Waals surface area (Å²) in [5.74, 6) is -1.23. The van der Waals surface area contributed by atoms with Crippen molar-refractivity contribution in [3.05, 3.63) is 83.9 Å². The molecule has 0 spiro atoms. The summed E-state index contributed by atoms with van der Waals surface area (Å²) in [5, 5.41) is 28.6. The van der Waals surface area contributed by atoms with E-state index in [0.717, 1.165) is 6.07 Å². The highest BCUT2D eigenvalue weighted by molar-refractivity contribution is 7.87. The molecular weight excluding hydrogens is 396 g/mol. The molecule has 0 bridgehead atoms. The van der Waals surface area contributed by atoms with Crippen molar-refractivity contribution >= 4 is 22.0 Å². The van der Waals surface area contributed by atoms with E-state index < -0.39 is 15.9 Å². The second kappa shape index (κ2) is 8.07. The molecule has 0 atom stereocenters. The van der Waals surface area contributed by atoms with Gasteiger partial charge in [0, 0.05) is 17.2 Å². The summed E-state index contributed by atoms with van der Waals surface area (Å²) in [7, 11) is -4.13. The average molecular weight is 412 g/mol. The normalized spacial score (nSPS) is 11.4. The van der Waals surface area contributed by atoms with Gasteiger partial charge in [0.05, 0.1) is 0 Å². The van der Waals surface area contributed by atoms with Crippen molar-refractivity contribution in [3.63, 3.8) is 0 Å². The van der Waals surface area contributed by atoms with Crippen LogP contribution in [0, 0.1) is 0 Å². The Morgan fingerprint density at radius 1 is 0.897 bits per heavy atom. The zero-order valence-electron chi connectivity index (χ0n) is 14.9. The van der Waals surface area contributed by atoms with Crippen molar-refractivity contribution in [2.24, 2.45) is 0 Å². The Bertz CT molecular complexity index is 1180. The predicted octanol–water partition coefficient (Wildman–Crippen LogP) is 3.47. The van der Waals surface area contributed by atoms with E-state index in [-0.39, 0.29) is 39.0 Å². The summed E-state index contributed by atoms with van der Waals surface area (Å²) in [6.07, 6.45) is 2.57. The molecule has 0 fully saturated rings. The van der Waals surface area contributed by atoms with Crippen LogP contribution in [-0.4, -0.2) is 29.5 Å². The Balaban J connectivity index is 1.73. The van der Waals surface area contributed by atoms with E-state index in [1.165, 1.54) is 72.8 Å². The lowest BCUT2D eigenvalue weighted by atomic mass is 10.1. The molecule has 3 aromatic carbocycles. The fourth-order valence-electron chi connectivity index (χ4n) is 2.43. The highest BCUT2D eigenvalue weighted by Gasteiger charge is 2.17. The molecule has 0 aliphatic carbocycles. The van der Waals surface area contributed by atoms with Crippen molar-refractivity contribution in [3.8, 4) is 23.0 Å². The molecule has 0 aliphatic heterocycles. The molecule has 3 aromatic rings. The van der Waals surface area contributed by atoms with E-state index in [0.29, 0.717) is 0 Å². The van der Waals surface area contributed by atoms with Crippen LogP contribution in [-0.2, 0) is 10.1 Å². The third-order valence-corrected chi connectivity index (χ3v) is 5.15. The van der Waals surface area contributed by atoms with Gasteiger partial charge in [-0.25, -0.2) is 0 Å². The second-order valence-electron chi connectivity index (χ2n) is 5.97. The van der Waals surface area contributed by atoms with Gasteiger partial charge in [-0.15, -0.1) is 0 Å². The standard InChI is InChI=1S/C21H16O7S/c22-16-4-2-5-18(13-16)29(26,27)28-17-10-7-14(8-11-17)19(23)12-9-15-3-1-6-20(24)21(15)25/h1-13,22,24-25H/b12-9+. The Kier molecular flexibility index (Phi) is 5.56. The Morgan fingerprint density at radius 2 is 1.59 bits per heavy atom. The minimum Gasteiger partial charge on any atom is -0.508 e. The number of carbonyl (C=O) groups excluding carboxylic acids is 1. The van der Waals surface area contributed by atoms with E-state index in [9.17, 15) is 28.5 Å². The molecule has 0 saturated carbocycles. The number of hydrogen-bond acceptors (Lipinski definition) is 7. The summed E-state index contributed by atoms with van der Waals surface area (Å²) < 4.78 is 29.5. The first-order valence-electron chi connectivity index (χ1n) is 8.33. The summed E-state index contributed by atoms with van der Waals surface area (Å²) in [5.41, 5.74) is 0.540. The maximum absolute atomic E-state index is 12.3. The van der Waals surface area contributed by atoms with Gasteiger partial charge < -0.3 is 19.5 Å². The molecule has 0 amide bonds. The van der Waals surface area contributed by atoms with E-state index in [1.807, 2.05) is 0 Å². The molecule has 148 valence electrons. The van der Waals surface area contributed by atoms with E-state index >= 15 is 0 Å². The van der Waals surface area contributed by atoms with E-state index in [1.54, 1.807) is 0 Å². The van der Waals surface area contributed by atoms with Crippen LogP contribution < -0.4 is 4.18 Å². The maximum Gasteiger partial charge on any atom is 0.339 e. The van der Waals surface area contributed by atoms with Gasteiger partial charge in [0.25, 0.3) is 0 Å². The molecule has 0 radical (unpaired) electrons. The third-order valence-electron chi connectivity index (χ3n) is 3.91. The van der Waals surface area contributed by atoms with Crippen LogP contribution in [0.4, 0.5) is 0 Å². The van der Waals surface area contributed by atoms with Crippen molar-refractivity contribution < 1.29 is 32.7 Å². The highest BCUT2D eigenvalue weighted by Crippen LogP contribution is 2.29. The van der Waals surface area contributed by atoms with Crippen molar-refractivity contribution in [2.75, 3.05) is 0 Å². The van der Waals surface area contributed by atoms with E-state index in [2.05, 4.69) is 0 Å². The van der Waals surface area contributed by atoms with Crippen LogP contribution in [0.15, 0.2) is 77.7 Å². The molecule has 29 heavy (non-hydrogen) atoms. The van der Waals surface area contributed by atoms with Crippen LogP contribution in [0.2, 0.25) is 0 Å². The molecule has 3 N–H and O–H groups in total. The SMILES string of the molecule is O=C(/C=C/c1cccc(O)c1O)c1ccc(OS(=O)(=O)c2cccc(O)c2)cc1. The Morgan fingerprint density at radius 3 is 2.28 bits per heavy atom. The number of aromatic hydroxyl groups is 3. The fraction of sp³-hybridized carbons (Fsp3) is 0.